The fourth-order valence-electron chi connectivity index (χ4n) is 3.13. The number of hydrogen-bond donors (Lipinski definition) is 2. The molecule has 124 valence electrons. The van der Waals surface area contributed by atoms with Crippen LogP contribution in [0, 0.1) is 5.82 Å². The van der Waals surface area contributed by atoms with E-state index in [1.54, 1.807) is 41.3 Å². The van der Waals surface area contributed by atoms with Crippen LogP contribution < -0.4 is 5.32 Å². The Balaban J connectivity index is 1.90. The lowest BCUT2D eigenvalue weighted by Gasteiger charge is -2.20. The first-order chi connectivity index (χ1) is 12.2. The van der Waals surface area contributed by atoms with Gasteiger partial charge < -0.3 is 14.8 Å². The standard InChI is InChI=1S/C17H12FN5O2/c18-11-2-1-9-7-10(11)13(8-24)21-16-19-4-3-12(20-16)15-14(9)22-17-23(15)5-6-25-17/h1-7,13,24H,8H2,(H,19,20,21)/t13-/m0/s1. The number of nitrogens with one attached hydrogen (secondary N) is 1. The Hall–Kier alpha value is -3.26. The van der Waals surface area contributed by atoms with E-state index in [1.807, 2.05) is 0 Å². The molecule has 0 radical (unpaired) electrons. The van der Waals surface area contributed by atoms with Gasteiger partial charge in [0.1, 0.15) is 23.5 Å². The largest absolute Gasteiger partial charge is 0.432 e. The molecule has 0 amide bonds. The zero-order valence-electron chi connectivity index (χ0n) is 12.8. The third kappa shape index (κ3) is 2.04. The molecular formula is C17H12FN5O2. The zero-order chi connectivity index (χ0) is 17.0. The second-order valence-electron chi connectivity index (χ2n) is 5.75. The highest BCUT2D eigenvalue weighted by atomic mass is 19.1. The minimum atomic E-state index is -0.664. The monoisotopic (exact) mass is 337 g/mol. The SMILES string of the molecule is OC[C@@H]1Nc2nccc(n2)-c2c(nc3occn23)-c2ccc(F)c1c2. The average Bonchev–Trinajstić information content (AvgIpc) is 3.21. The van der Waals surface area contributed by atoms with Crippen molar-refractivity contribution >= 4 is 11.8 Å². The van der Waals surface area contributed by atoms with Crippen LogP contribution in [-0.4, -0.2) is 31.1 Å². The van der Waals surface area contributed by atoms with Gasteiger partial charge in [-0.25, -0.2) is 14.4 Å². The quantitative estimate of drug-likeness (QED) is 0.555. The molecule has 0 saturated carbocycles. The van der Waals surface area contributed by atoms with Crippen LogP contribution in [0.15, 0.2) is 47.3 Å². The number of oxazole rings is 1. The number of rotatable bonds is 1. The van der Waals surface area contributed by atoms with Crippen molar-refractivity contribution in [3.63, 3.8) is 0 Å². The summed E-state index contributed by atoms with van der Waals surface area (Å²) in [5.41, 5.74) is 3.04. The van der Waals surface area contributed by atoms with Crippen molar-refractivity contribution in [3.05, 3.63) is 54.3 Å². The molecule has 4 bridgehead atoms. The second kappa shape index (κ2) is 5.12. The van der Waals surface area contributed by atoms with E-state index in [0.717, 1.165) is 5.69 Å². The predicted octanol–water partition coefficient (Wildman–Crippen LogP) is 2.65. The van der Waals surface area contributed by atoms with E-state index >= 15 is 0 Å². The molecule has 3 aromatic heterocycles. The topological polar surface area (TPSA) is 88.5 Å². The van der Waals surface area contributed by atoms with Gasteiger partial charge in [-0.15, -0.1) is 0 Å². The van der Waals surface area contributed by atoms with E-state index in [2.05, 4.69) is 20.3 Å². The van der Waals surface area contributed by atoms with E-state index in [0.29, 0.717) is 34.3 Å². The molecule has 1 aromatic carbocycles. The molecule has 0 unspecified atom stereocenters. The molecule has 0 spiro atoms. The van der Waals surface area contributed by atoms with Crippen molar-refractivity contribution in [3.8, 4) is 22.6 Å². The maximum Gasteiger partial charge on any atom is 0.306 e. The lowest BCUT2D eigenvalue weighted by atomic mass is 10.00. The van der Waals surface area contributed by atoms with Crippen LogP contribution >= 0.6 is 0 Å². The number of nitrogens with zero attached hydrogens (tertiary/aromatic N) is 4. The minimum absolute atomic E-state index is 0.299. The van der Waals surface area contributed by atoms with Crippen molar-refractivity contribution in [2.75, 3.05) is 11.9 Å². The number of hydrogen-bond acceptors (Lipinski definition) is 6. The maximum atomic E-state index is 14.3. The van der Waals surface area contributed by atoms with Gasteiger partial charge in [-0.05, 0) is 24.3 Å². The first kappa shape index (κ1) is 14.1. The second-order valence-corrected chi connectivity index (χ2v) is 5.75. The number of halogens is 1. The third-order valence-corrected chi connectivity index (χ3v) is 4.29. The van der Waals surface area contributed by atoms with Gasteiger partial charge in [0.25, 0.3) is 0 Å². The Labute approximate surface area is 140 Å². The Morgan fingerprint density at radius 1 is 1.28 bits per heavy atom. The van der Waals surface area contributed by atoms with Crippen molar-refractivity contribution in [1.82, 2.24) is 19.4 Å². The zero-order valence-corrected chi connectivity index (χ0v) is 12.8. The number of benzene rings is 1. The van der Waals surface area contributed by atoms with Gasteiger partial charge >= 0.3 is 5.84 Å². The molecule has 5 rings (SSSR count). The van der Waals surface area contributed by atoms with Crippen molar-refractivity contribution in [2.45, 2.75) is 6.04 Å². The lowest BCUT2D eigenvalue weighted by Crippen LogP contribution is -2.18. The van der Waals surface area contributed by atoms with Crippen LogP contribution in [-0.2, 0) is 0 Å². The molecule has 0 saturated heterocycles. The van der Waals surface area contributed by atoms with Gasteiger partial charge in [0, 0.05) is 23.5 Å². The van der Waals surface area contributed by atoms with Gasteiger partial charge in [-0.2, -0.15) is 4.98 Å². The summed E-state index contributed by atoms with van der Waals surface area (Å²) < 4.78 is 21.5. The molecule has 0 aliphatic carbocycles. The summed E-state index contributed by atoms with van der Waals surface area (Å²) in [7, 11) is 0. The third-order valence-electron chi connectivity index (χ3n) is 4.29. The van der Waals surface area contributed by atoms with Crippen LogP contribution in [0.25, 0.3) is 28.5 Å². The Bertz CT molecular complexity index is 1100. The lowest BCUT2D eigenvalue weighted by molar-refractivity contribution is 0.273. The molecular weight excluding hydrogens is 325 g/mol. The fourth-order valence-corrected chi connectivity index (χ4v) is 3.13. The first-order valence-corrected chi connectivity index (χ1v) is 7.71. The van der Waals surface area contributed by atoms with E-state index < -0.39 is 11.9 Å². The number of imidazole rings is 1. The molecule has 1 atom stereocenters. The normalized spacial score (nSPS) is 15.7. The Morgan fingerprint density at radius 2 is 2.20 bits per heavy atom. The average molecular weight is 337 g/mol. The number of aromatic nitrogens is 4. The number of aliphatic hydroxyl groups excluding tert-OH is 1. The van der Waals surface area contributed by atoms with E-state index in [1.165, 1.54) is 6.07 Å². The van der Waals surface area contributed by atoms with Crippen LogP contribution in [0.2, 0.25) is 0 Å². The molecule has 8 heteroatoms. The highest BCUT2D eigenvalue weighted by molar-refractivity contribution is 5.80. The van der Waals surface area contributed by atoms with Crippen LogP contribution in [0.3, 0.4) is 0 Å². The van der Waals surface area contributed by atoms with Crippen LogP contribution in [0.1, 0.15) is 11.6 Å². The molecule has 4 aromatic rings. The molecule has 4 heterocycles. The van der Waals surface area contributed by atoms with Crippen LogP contribution in [0.5, 0.6) is 0 Å². The molecule has 2 N–H and O–H groups in total. The van der Waals surface area contributed by atoms with E-state index in [9.17, 15) is 9.50 Å². The number of aliphatic hydroxyl groups is 1. The van der Waals surface area contributed by atoms with E-state index in [4.69, 9.17) is 4.42 Å². The summed E-state index contributed by atoms with van der Waals surface area (Å²) in [4.78, 5) is 13.2. The Kier molecular flexibility index (Phi) is 2.89. The number of fused-ring (bicyclic) bond motifs is 9. The summed E-state index contributed by atoms with van der Waals surface area (Å²) in [6.45, 7) is -0.299. The summed E-state index contributed by atoms with van der Waals surface area (Å²) >= 11 is 0. The summed E-state index contributed by atoms with van der Waals surface area (Å²) in [6.07, 6.45) is 4.90. The Morgan fingerprint density at radius 3 is 3.08 bits per heavy atom. The van der Waals surface area contributed by atoms with E-state index in [-0.39, 0.29) is 6.61 Å². The molecule has 0 fully saturated rings. The highest BCUT2D eigenvalue weighted by Crippen LogP contribution is 2.35. The summed E-state index contributed by atoms with van der Waals surface area (Å²) in [5.74, 6) is 0.297. The highest BCUT2D eigenvalue weighted by Gasteiger charge is 2.24. The van der Waals surface area contributed by atoms with Gasteiger partial charge in [0.2, 0.25) is 5.95 Å². The molecule has 25 heavy (non-hydrogen) atoms. The minimum Gasteiger partial charge on any atom is -0.432 e. The van der Waals surface area contributed by atoms with Crippen LogP contribution in [0.4, 0.5) is 10.3 Å². The molecule has 1 aliphatic heterocycles. The van der Waals surface area contributed by atoms with Gasteiger partial charge in [-0.3, -0.25) is 4.40 Å². The van der Waals surface area contributed by atoms with Crippen molar-refractivity contribution < 1.29 is 13.9 Å². The molecule has 1 aliphatic rings. The van der Waals surface area contributed by atoms with Gasteiger partial charge in [-0.1, -0.05) is 0 Å². The van der Waals surface area contributed by atoms with Gasteiger partial charge in [0.15, 0.2) is 0 Å². The van der Waals surface area contributed by atoms with Crippen molar-refractivity contribution in [1.29, 1.82) is 0 Å². The van der Waals surface area contributed by atoms with Crippen molar-refractivity contribution in [2.24, 2.45) is 0 Å². The summed E-state index contributed by atoms with van der Waals surface area (Å²) in [5, 5.41) is 12.7. The molecule has 7 nitrogen and oxygen atoms in total. The smallest absolute Gasteiger partial charge is 0.306 e. The first-order valence-electron chi connectivity index (χ1n) is 7.71. The summed E-state index contributed by atoms with van der Waals surface area (Å²) in [6, 6.07) is 5.81. The number of anilines is 1. The maximum absolute atomic E-state index is 14.3. The van der Waals surface area contributed by atoms with Gasteiger partial charge in [0.05, 0.1) is 18.3 Å². The predicted molar refractivity (Wildman–Crippen MR) is 87.3 cm³/mol. The fraction of sp³-hybridized carbons (Fsp3) is 0.118.